The lowest BCUT2D eigenvalue weighted by atomic mass is 9.92. The van der Waals surface area contributed by atoms with Crippen LogP contribution in [0.5, 0.6) is 0 Å². The molecule has 1 heteroatoms. The SMILES string of the molecule is CC(NC1CCC1)c1ccccc1. The molecule has 1 aromatic carbocycles. The molecule has 13 heavy (non-hydrogen) atoms. The largest absolute Gasteiger partial charge is 0.307 e. The molecule has 0 saturated heterocycles. The fraction of sp³-hybridized carbons (Fsp3) is 0.500. The first-order chi connectivity index (χ1) is 6.36. The third-order valence-corrected chi connectivity index (χ3v) is 2.89. The minimum Gasteiger partial charge on any atom is -0.307 e. The van der Waals surface area contributed by atoms with Crippen LogP contribution in [0, 0.1) is 0 Å². The molecule has 1 aromatic rings. The molecular formula is C12H17N. The van der Waals surface area contributed by atoms with E-state index in [0.29, 0.717) is 6.04 Å². The zero-order chi connectivity index (χ0) is 9.10. The summed E-state index contributed by atoms with van der Waals surface area (Å²) in [5, 5.41) is 3.63. The van der Waals surface area contributed by atoms with Gasteiger partial charge in [-0.15, -0.1) is 0 Å². The minimum absolute atomic E-state index is 0.506. The highest BCUT2D eigenvalue weighted by Crippen LogP contribution is 2.22. The van der Waals surface area contributed by atoms with Gasteiger partial charge in [0.25, 0.3) is 0 Å². The van der Waals surface area contributed by atoms with Crippen molar-refractivity contribution in [3.63, 3.8) is 0 Å². The Kier molecular flexibility index (Phi) is 2.65. The monoisotopic (exact) mass is 175 g/mol. The van der Waals surface area contributed by atoms with E-state index in [1.807, 2.05) is 0 Å². The van der Waals surface area contributed by atoms with Crippen LogP contribution in [0.15, 0.2) is 30.3 Å². The molecule has 1 saturated carbocycles. The highest BCUT2D eigenvalue weighted by atomic mass is 15.0. The van der Waals surface area contributed by atoms with E-state index in [1.54, 1.807) is 0 Å². The molecule has 1 aliphatic carbocycles. The van der Waals surface area contributed by atoms with E-state index in [4.69, 9.17) is 0 Å². The maximum Gasteiger partial charge on any atom is 0.0294 e. The average Bonchev–Trinajstić information content (AvgIpc) is 2.12. The first-order valence-electron chi connectivity index (χ1n) is 5.17. The molecule has 1 unspecified atom stereocenters. The summed E-state index contributed by atoms with van der Waals surface area (Å²) in [6, 6.07) is 11.9. The van der Waals surface area contributed by atoms with Gasteiger partial charge in [-0.1, -0.05) is 36.8 Å². The molecule has 0 aromatic heterocycles. The van der Waals surface area contributed by atoms with E-state index in [-0.39, 0.29) is 0 Å². The quantitative estimate of drug-likeness (QED) is 0.744. The lowest BCUT2D eigenvalue weighted by molar-refractivity contribution is 0.313. The number of hydrogen-bond donors (Lipinski definition) is 1. The van der Waals surface area contributed by atoms with E-state index in [9.17, 15) is 0 Å². The Morgan fingerprint density at radius 2 is 1.92 bits per heavy atom. The van der Waals surface area contributed by atoms with Crippen molar-refractivity contribution in [2.75, 3.05) is 0 Å². The van der Waals surface area contributed by atoms with Crippen LogP contribution < -0.4 is 5.32 Å². The highest BCUT2D eigenvalue weighted by Gasteiger charge is 2.19. The molecule has 70 valence electrons. The number of nitrogens with one attached hydrogen (secondary N) is 1. The molecule has 1 N–H and O–H groups in total. The predicted octanol–water partition coefficient (Wildman–Crippen LogP) is 2.89. The Bertz CT molecular complexity index is 251. The highest BCUT2D eigenvalue weighted by molar-refractivity contribution is 5.18. The summed E-state index contributed by atoms with van der Waals surface area (Å²) in [6.45, 7) is 2.24. The van der Waals surface area contributed by atoms with Crippen LogP contribution >= 0.6 is 0 Å². The summed E-state index contributed by atoms with van der Waals surface area (Å²) < 4.78 is 0. The molecule has 0 spiro atoms. The van der Waals surface area contributed by atoms with Crippen LogP contribution in [0.1, 0.15) is 37.8 Å². The van der Waals surface area contributed by atoms with Crippen molar-refractivity contribution in [3.05, 3.63) is 35.9 Å². The van der Waals surface area contributed by atoms with Crippen molar-refractivity contribution in [1.82, 2.24) is 5.32 Å². The van der Waals surface area contributed by atoms with Crippen LogP contribution in [0.4, 0.5) is 0 Å². The second-order valence-corrected chi connectivity index (χ2v) is 3.93. The van der Waals surface area contributed by atoms with Crippen LogP contribution in [0.25, 0.3) is 0 Å². The van der Waals surface area contributed by atoms with E-state index in [1.165, 1.54) is 24.8 Å². The summed E-state index contributed by atoms with van der Waals surface area (Å²) in [7, 11) is 0. The standard InChI is InChI=1S/C12H17N/c1-10(13-12-8-5-9-12)11-6-3-2-4-7-11/h2-4,6-7,10,12-13H,5,8-9H2,1H3. The fourth-order valence-corrected chi connectivity index (χ4v) is 1.77. The smallest absolute Gasteiger partial charge is 0.0294 e. The Labute approximate surface area is 80.2 Å². The van der Waals surface area contributed by atoms with E-state index in [2.05, 4.69) is 42.6 Å². The summed E-state index contributed by atoms with van der Waals surface area (Å²) in [6.07, 6.45) is 4.12. The zero-order valence-electron chi connectivity index (χ0n) is 8.16. The summed E-state index contributed by atoms with van der Waals surface area (Å²) >= 11 is 0. The summed E-state index contributed by atoms with van der Waals surface area (Å²) in [5.41, 5.74) is 1.40. The van der Waals surface area contributed by atoms with Crippen LogP contribution in [0.2, 0.25) is 0 Å². The second kappa shape index (κ2) is 3.93. The Morgan fingerprint density at radius 3 is 2.46 bits per heavy atom. The number of benzene rings is 1. The molecule has 0 radical (unpaired) electrons. The van der Waals surface area contributed by atoms with Crippen molar-refractivity contribution in [1.29, 1.82) is 0 Å². The van der Waals surface area contributed by atoms with Gasteiger partial charge in [-0.25, -0.2) is 0 Å². The van der Waals surface area contributed by atoms with Gasteiger partial charge in [0.05, 0.1) is 0 Å². The summed E-state index contributed by atoms with van der Waals surface area (Å²) in [5.74, 6) is 0. The maximum absolute atomic E-state index is 3.63. The van der Waals surface area contributed by atoms with Gasteiger partial charge in [0.1, 0.15) is 0 Å². The van der Waals surface area contributed by atoms with Gasteiger partial charge in [-0.3, -0.25) is 0 Å². The fourth-order valence-electron chi connectivity index (χ4n) is 1.77. The van der Waals surface area contributed by atoms with Crippen molar-refractivity contribution in [2.24, 2.45) is 0 Å². The maximum atomic E-state index is 3.63. The molecular weight excluding hydrogens is 158 g/mol. The van der Waals surface area contributed by atoms with Gasteiger partial charge in [-0.2, -0.15) is 0 Å². The first kappa shape index (κ1) is 8.76. The molecule has 0 bridgehead atoms. The van der Waals surface area contributed by atoms with Crippen LogP contribution in [-0.4, -0.2) is 6.04 Å². The van der Waals surface area contributed by atoms with Gasteiger partial charge in [0.2, 0.25) is 0 Å². The van der Waals surface area contributed by atoms with Gasteiger partial charge in [-0.05, 0) is 25.3 Å². The van der Waals surface area contributed by atoms with Gasteiger partial charge in [0, 0.05) is 12.1 Å². The minimum atomic E-state index is 0.506. The predicted molar refractivity (Wildman–Crippen MR) is 55.6 cm³/mol. The van der Waals surface area contributed by atoms with Crippen molar-refractivity contribution >= 4 is 0 Å². The molecule has 1 aliphatic rings. The van der Waals surface area contributed by atoms with Crippen molar-refractivity contribution in [3.8, 4) is 0 Å². The average molecular weight is 175 g/mol. The van der Waals surface area contributed by atoms with Gasteiger partial charge in [0.15, 0.2) is 0 Å². The molecule has 0 aliphatic heterocycles. The third kappa shape index (κ3) is 2.10. The topological polar surface area (TPSA) is 12.0 Å². The zero-order valence-corrected chi connectivity index (χ0v) is 8.16. The van der Waals surface area contributed by atoms with Crippen molar-refractivity contribution in [2.45, 2.75) is 38.3 Å². The lowest BCUT2D eigenvalue weighted by Crippen LogP contribution is -2.36. The molecule has 0 amide bonds. The number of hydrogen-bond acceptors (Lipinski definition) is 1. The number of rotatable bonds is 3. The second-order valence-electron chi connectivity index (χ2n) is 3.93. The van der Waals surface area contributed by atoms with Gasteiger partial charge < -0.3 is 5.32 Å². The van der Waals surface area contributed by atoms with Gasteiger partial charge >= 0.3 is 0 Å². The molecule has 2 rings (SSSR count). The van der Waals surface area contributed by atoms with E-state index >= 15 is 0 Å². The molecule has 0 heterocycles. The van der Waals surface area contributed by atoms with Crippen molar-refractivity contribution < 1.29 is 0 Å². The Hall–Kier alpha value is -0.820. The summed E-state index contributed by atoms with van der Waals surface area (Å²) in [4.78, 5) is 0. The lowest BCUT2D eigenvalue weighted by Gasteiger charge is -2.30. The van der Waals surface area contributed by atoms with Crippen LogP contribution in [-0.2, 0) is 0 Å². The first-order valence-corrected chi connectivity index (χ1v) is 5.17. The molecule has 1 nitrogen and oxygen atoms in total. The Morgan fingerprint density at radius 1 is 1.23 bits per heavy atom. The molecule has 1 fully saturated rings. The van der Waals surface area contributed by atoms with E-state index < -0.39 is 0 Å². The molecule has 1 atom stereocenters. The Balaban J connectivity index is 1.92. The third-order valence-electron chi connectivity index (χ3n) is 2.89. The van der Waals surface area contributed by atoms with Crippen LogP contribution in [0.3, 0.4) is 0 Å². The van der Waals surface area contributed by atoms with E-state index in [0.717, 1.165) is 6.04 Å². The normalized spacial score (nSPS) is 19.5.